The first kappa shape index (κ1) is 69.9. The van der Waals surface area contributed by atoms with Crippen LogP contribution in [0.1, 0.15) is 39.5 Å². The van der Waals surface area contributed by atoms with Crippen LogP contribution in [0.4, 0.5) is 0 Å². The number of rotatable bonds is 30. The molecule has 21 N–H and O–H groups in total. The van der Waals surface area contributed by atoms with E-state index in [9.17, 15) is 67.1 Å². The van der Waals surface area contributed by atoms with Gasteiger partial charge in [0.25, 0.3) is 22.2 Å². The van der Waals surface area contributed by atoms with E-state index in [0.717, 1.165) is 30.7 Å². The summed E-state index contributed by atoms with van der Waals surface area (Å²) in [7, 11) is 0. The molecule has 0 bridgehead atoms. The number of guanidine groups is 2. The summed E-state index contributed by atoms with van der Waals surface area (Å²) in [5.41, 5.74) is 8.22. The quantitative estimate of drug-likeness (QED) is 0.0113. The number of benzene rings is 3. The van der Waals surface area contributed by atoms with Gasteiger partial charge < -0.3 is 80.0 Å². The summed E-state index contributed by atoms with van der Waals surface area (Å²) in [6.07, 6.45) is 0.889. The zero-order valence-electron chi connectivity index (χ0n) is 50.7. The molecule has 0 aliphatic heterocycles. The first-order valence-electron chi connectivity index (χ1n) is 29.1. The van der Waals surface area contributed by atoms with E-state index in [2.05, 4.69) is 62.8 Å². The maximum Gasteiger partial charge on any atom is 0.328 e. The summed E-state index contributed by atoms with van der Waals surface area (Å²) in [6.45, 7) is -1.72. The van der Waals surface area contributed by atoms with Crippen LogP contribution in [0.15, 0.2) is 123 Å². The van der Waals surface area contributed by atoms with Gasteiger partial charge >= 0.3 is 22.8 Å². The lowest BCUT2D eigenvalue weighted by Gasteiger charge is -2.27. The molecule has 4 aromatic heterocycles. The van der Waals surface area contributed by atoms with E-state index in [1.807, 2.05) is 4.98 Å². The van der Waals surface area contributed by atoms with Crippen molar-refractivity contribution in [3.8, 4) is 0 Å². The van der Waals surface area contributed by atoms with E-state index in [0.29, 0.717) is 13.7 Å². The second kappa shape index (κ2) is 31.5. The van der Waals surface area contributed by atoms with Gasteiger partial charge in [0.05, 0.1) is 58.9 Å². The van der Waals surface area contributed by atoms with E-state index in [-0.39, 0.29) is 77.4 Å². The summed E-state index contributed by atoms with van der Waals surface area (Å²) < 4.78 is 2.31. The number of hydrogen-bond donors (Lipinski definition) is 18. The topological polar surface area (TPSA) is 590 Å². The summed E-state index contributed by atoms with van der Waals surface area (Å²) in [5.74, 6) is -10.3. The number of aromatic nitrogens is 8. The summed E-state index contributed by atoms with van der Waals surface area (Å²) in [6, 6.07) is 4.85. The number of primary amides is 1. The van der Waals surface area contributed by atoms with Gasteiger partial charge in [-0.1, -0.05) is 36.4 Å². The second-order valence-corrected chi connectivity index (χ2v) is 21.6. The SMILES string of the molecule is CC(=O)N[C@@H](CCCNC(=N)N)C(=O)N[C@H](Cn1ccc(=O)[nH]c1=O)C(=O)N[C@@H](C)C(=O)N[C@H](Cn1c(=O)[nH]c2ccccc2c1=O)C(=O)N[C@H](Cn1c(=O)[nH]c2ccccc2c1=O)C(=O)N[C@H](Cn1c(=O)[nH]c2ccccc2c1=O)C(=O)N[C@@H](CCCNC(=N)N)C(N)=O. The molecule has 38 nitrogen and oxygen atoms in total. The number of aromatic amines is 4. The maximum atomic E-state index is 15.2. The largest absolute Gasteiger partial charge is 0.370 e. The van der Waals surface area contributed by atoms with Gasteiger partial charge in [0.15, 0.2) is 11.9 Å². The maximum absolute atomic E-state index is 15.2. The van der Waals surface area contributed by atoms with Gasteiger partial charge in [0.2, 0.25) is 47.3 Å². The Morgan fingerprint density at radius 3 is 1.16 bits per heavy atom. The normalized spacial score (nSPS) is 13.3. The molecule has 4 heterocycles. The molecule has 7 rings (SSSR count). The lowest BCUT2D eigenvalue weighted by atomic mass is 10.1. The fourth-order valence-corrected chi connectivity index (χ4v) is 9.83. The molecular formula is C57H68N22O16. The van der Waals surface area contributed by atoms with E-state index < -0.39 is 167 Å². The number of hydrogen-bond acceptors (Lipinski definition) is 18. The Balaban J connectivity index is 1.27. The Morgan fingerprint density at radius 1 is 0.432 bits per heavy atom. The highest BCUT2D eigenvalue weighted by Gasteiger charge is 2.36. The number of amides is 8. The fraction of sp³-hybridized carbons (Fsp3) is 0.333. The van der Waals surface area contributed by atoms with Crippen LogP contribution in [-0.4, -0.2) is 153 Å². The van der Waals surface area contributed by atoms with E-state index >= 15 is 9.59 Å². The highest BCUT2D eigenvalue weighted by molar-refractivity contribution is 5.97. The molecule has 8 amide bonds. The Morgan fingerprint density at radius 2 is 0.779 bits per heavy atom. The second-order valence-electron chi connectivity index (χ2n) is 21.6. The highest BCUT2D eigenvalue weighted by atomic mass is 16.2. The van der Waals surface area contributed by atoms with Crippen molar-refractivity contribution < 1.29 is 38.4 Å². The molecule has 0 aliphatic rings. The number of fused-ring (bicyclic) bond motifs is 3. The third kappa shape index (κ3) is 18.3. The summed E-state index contributed by atoms with van der Waals surface area (Å²) in [4.78, 5) is 230. The van der Waals surface area contributed by atoms with Gasteiger partial charge in [-0.15, -0.1) is 0 Å². The number of nitrogens with two attached hydrogens (primary N) is 3. The van der Waals surface area contributed by atoms with Crippen LogP contribution in [0.2, 0.25) is 0 Å². The van der Waals surface area contributed by atoms with Crippen molar-refractivity contribution in [1.29, 1.82) is 10.8 Å². The van der Waals surface area contributed by atoms with E-state index in [1.165, 1.54) is 72.8 Å². The first-order chi connectivity index (χ1) is 45.1. The number of H-pyrrole nitrogens is 4. The van der Waals surface area contributed by atoms with Gasteiger partial charge in [0, 0.05) is 32.3 Å². The minimum atomic E-state index is -2.27. The molecule has 38 heteroatoms. The molecule has 0 radical (unpaired) electrons. The molecule has 0 unspecified atom stereocenters. The smallest absolute Gasteiger partial charge is 0.328 e. The van der Waals surface area contributed by atoms with Crippen LogP contribution in [0, 0.1) is 10.8 Å². The van der Waals surface area contributed by atoms with E-state index in [4.69, 9.17) is 28.0 Å². The number of nitrogens with one attached hydrogen (secondary N) is 15. The first-order valence-corrected chi connectivity index (χ1v) is 29.1. The van der Waals surface area contributed by atoms with Gasteiger partial charge in [-0.2, -0.15) is 0 Å². The Kier molecular flexibility index (Phi) is 23.2. The lowest BCUT2D eigenvalue weighted by Crippen LogP contribution is -2.62. The van der Waals surface area contributed by atoms with Crippen LogP contribution < -0.4 is 110 Å². The predicted molar refractivity (Wildman–Crippen MR) is 340 cm³/mol. The van der Waals surface area contributed by atoms with Crippen LogP contribution in [0.3, 0.4) is 0 Å². The summed E-state index contributed by atoms with van der Waals surface area (Å²) in [5, 5.41) is 36.1. The highest BCUT2D eigenvalue weighted by Crippen LogP contribution is 2.09. The van der Waals surface area contributed by atoms with Crippen molar-refractivity contribution >= 4 is 91.9 Å². The molecule has 0 fully saturated rings. The summed E-state index contributed by atoms with van der Waals surface area (Å²) >= 11 is 0. The Hall–Kier alpha value is -12.5. The van der Waals surface area contributed by atoms with Crippen molar-refractivity contribution in [1.82, 2.24) is 86.1 Å². The van der Waals surface area contributed by atoms with Gasteiger partial charge in [-0.25, -0.2) is 19.2 Å². The van der Waals surface area contributed by atoms with Crippen LogP contribution in [-0.2, 0) is 64.5 Å². The standard InChI is InChI=1S/C57H68N22O16/c1-27(65-45(85)37(23-76-22-19-41(81)75-54(76)92)69-44(84)36(66-28(2)80)18-10-21-64-53(61)62)43(83)68-38(24-77-49(89)29-11-3-6-14-32(29)72-55(77)93)47(87)71-40(26-79-51(91)31-13-5-8-16-34(31)74-57(79)95)48(88)70-39(46(86)67-35(42(58)82)17-9-20-63-52(59)60)25-78-50(90)30-12-4-7-15-33(30)73-56(78)94/h3-8,11-16,19,22,27,35-40H,9-10,17-18,20-21,23-26H2,1-2H3,(H2,58,82)(H,65,85)(H,66,80)(H,67,86)(H,68,83)(H,69,84)(H,70,88)(H,71,87)(H,72,93)(H,73,94)(H,74,95)(H4,59,60,63)(H4,61,62,64)(H,75,81,92)/t27-,35-,36-,37+,38+,39+,40+/m0/s1. The molecule has 95 heavy (non-hydrogen) atoms. The Labute approximate surface area is 532 Å². The molecule has 7 aromatic rings. The van der Waals surface area contributed by atoms with Crippen molar-refractivity contribution in [2.24, 2.45) is 17.2 Å². The van der Waals surface area contributed by atoms with Crippen LogP contribution >= 0.6 is 0 Å². The molecule has 0 saturated carbocycles. The molecule has 0 spiro atoms. The average Bonchev–Trinajstić information content (AvgIpc) is 0.809. The lowest BCUT2D eigenvalue weighted by molar-refractivity contribution is -0.136. The van der Waals surface area contributed by atoms with Crippen LogP contribution in [0.5, 0.6) is 0 Å². The van der Waals surface area contributed by atoms with Crippen LogP contribution in [0.25, 0.3) is 32.7 Å². The Bertz CT molecular complexity index is 4660. The predicted octanol–water partition coefficient (Wildman–Crippen LogP) is -7.91. The molecule has 3 aromatic carbocycles. The molecule has 502 valence electrons. The minimum Gasteiger partial charge on any atom is -0.370 e. The third-order valence-electron chi connectivity index (χ3n) is 14.6. The van der Waals surface area contributed by atoms with Gasteiger partial charge in [-0.3, -0.25) is 91.6 Å². The number of nitrogens with zero attached hydrogens (tertiary/aromatic N) is 4. The number of carbonyl (C=O) groups is 8. The van der Waals surface area contributed by atoms with Crippen molar-refractivity contribution in [2.75, 3.05) is 13.1 Å². The third-order valence-corrected chi connectivity index (χ3v) is 14.6. The average molecular weight is 1320 g/mol. The van der Waals surface area contributed by atoms with Gasteiger partial charge in [0.1, 0.15) is 42.3 Å². The van der Waals surface area contributed by atoms with Gasteiger partial charge in [-0.05, 0) is 69.0 Å². The fourth-order valence-electron chi connectivity index (χ4n) is 9.83. The van der Waals surface area contributed by atoms with Crippen molar-refractivity contribution in [2.45, 2.75) is 108 Å². The molecular weight excluding hydrogens is 1250 g/mol. The van der Waals surface area contributed by atoms with Crippen molar-refractivity contribution in [3.05, 3.63) is 168 Å². The molecule has 0 saturated heterocycles. The molecule has 7 atom stereocenters. The minimum absolute atomic E-state index is 0.0145. The van der Waals surface area contributed by atoms with Crippen molar-refractivity contribution in [3.63, 3.8) is 0 Å². The number of carbonyl (C=O) groups excluding carboxylic acids is 8. The monoisotopic (exact) mass is 1320 g/mol. The zero-order valence-corrected chi connectivity index (χ0v) is 50.7. The van der Waals surface area contributed by atoms with E-state index in [1.54, 1.807) is 0 Å². The number of para-hydroxylation sites is 3. The molecule has 0 aliphatic carbocycles. The zero-order chi connectivity index (χ0) is 69.4.